The second-order valence-electron chi connectivity index (χ2n) is 2.72. The van der Waals surface area contributed by atoms with Gasteiger partial charge in [-0.25, -0.2) is 0 Å². The van der Waals surface area contributed by atoms with Gasteiger partial charge in [-0.05, 0) is 32.3 Å². The van der Waals surface area contributed by atoms with Gasteiger partial charge in [0.2, 0.25) is 0 Å². The van der Waals surface area contributed by atoms with Crippen molar-refractivity contribution in [1.82, 2.24) is 0 Å². The van der Waals surface area contributed by atoms with Crippen molar-refractivity contribution in [2.75, 3.05) is 6.54 Å². The number of hydrogen-bond acceptors (Lipinski definition) is 1. The Kier molecular flexibility index (Phi) is 3.67. The highest BCUT2D eigenvalue weighted by molar-refractivity contribution is 5.95. The van der Waals surface area contributed by atoms with Crippen LogP contribution in [0.4, 0.5) is 0 Å². The zero-order valence-corrected chi connectivity index (χ0v) is 7.09. The lowest BCUT2D eigenvalue weighted by Crippen LogP contribution is -2.02. The van der Waals surface area contributed by atoms with Crippen LogP contribution >= 0.6 is 0 Å². The molecule has 1 aliphatic heterocycles. The van der Waals surface area contributed by atoms with Crippen molar-refractivity contribution in [2.45, 2.75) is 26.2 Å². The van der Waals surface area contributed by atoms with E-state index in [1.54, 1.807) is 0 Å². The van der Waals surface area contributed by atoms with E-state index in [4.69, 9.17) is 0 Å². The maximum atomic E-state index is 4.40. The van der Waals surface area contributed by atoms with Crippen LogP contribution in [0.1, 0.15) is 26.2 Å². The molecule has 0 saturated heterocycles. The lowest BCUT2D eigenvalue weighted by atomic mass is 10.1. The molecule has 1 heteroatoms. The molecule has 0 fully saturated rings. The van der Waals surface area contributed by atoms with E-state index >= 15 is 0 Å². The second-order valence-corrected chi connectivity index (χ2v) is 2.72. The van der Waals surface area contributed by atoms with Gasteiger partial charge in [-0.3, -0.25) is 4.99 Å². The lowest BCUT2D eigenvalue weighted by molar-refractivity contribution is 0.740. The predicted octanol–water partition coefficient (Wildman–Crippen LogP) is 2.74. The van der Waals surface area contributed by atoms with Crippen molar-refractivity contribution >= 4 is 5.71 Å². The Balaban J connectivity index is 2.40. The van der Waals surface area contributed by atoms with Crippen molar-refractivity contribution in [3.8, 4) is 0 Å². The fourth-order valence-corrected chi connectivity index (χ4v) is 1.13. The molecule has 1 aliphatic rings. The summed E-state index contributed by atoms with van der Waals surface area (Å²) in [5.74, 6) is 0. The quantitative estimate of drug-likeness (QED) is 0.535. The summed E-state index contributed by atoms with van der Waals surface area (Å²) in [6, 6.07) is 0. The van der Waals surface area contributed by atoms with Gasteiger partial charge in [0.1, 0.15) is 0 Å². The molecule has 0 bridgehead atoms. The lowest BCUT2D eigenvalue weighted by Gasteiger charge is -2.06. The summed E-state index contributed by atoms with van der Waals surface area (Å²) in [7, 11) is 0. The van der Waals surface area contributed by atoms with Crippen molar-refractivity contribution in [2.24, 2.45) is 4.99 Å². The highest BCUT2D eigenvalue weighted by atomic mass is 14.7. The molecule has 0 radical (unpaired) electrons. The molecule has 0 saturated carbocycles. The average molecular weight is 149 g/mol. The summed E-state index contributed by atoms with van der Waals surface area (Å²) >= 11 is 0. The molecule has 1 rings (SSSR count). The van der Waals surface area contributed by atoms with Gasteiger partial charge in [-0.15, -0.1) is 0 Å². The largest absolute Gasteiger partial charge is 0.290 e. The molecular weight excluding hydrogens is 134 g/mol. The van der Waals surface area contributed by atoms with Crippen LogP contribution in [0.2, 0.25) is 0 Å². The monoisotopic (exact) mass is 149 g/mol. The highest BCUT2D eigenvalue weighted by Gasteiger charge is 1.99. The summed E-state index contributed by atoms with van der Waals surface area (Å²) in [5, 5.41) is 0. The van der Waals surface area contributed by atoms with Crippen LogP contribution in [0.25, 0.3) is 0 Å². The fourth-order valence-electron chi connectivity index (χ4n) is 1.13. The highest BCUT2D eigenvalue weighted by Crippen LogP contribution is 2.06. The van der Waals surface area contributed by atoms with Gasteiger partial charge >= 0.3 is 0 Å². The van der Waals surface area contributed by atoms with E-state index in [9.17, 15) is 0 Å². The Hall–Kier alpha value is -0.850. The standard InChI is InChI=1S/C10H15N/c1-2-3-4-7-10-8-5-6-9-11-10/h2-4,7H,5-6,8-9H2,1H3/b3-2+,7-4+. The van der Waals surface area contributed by atoms with E-state index in [2.05, 4.69) is 17.1 Å². The van der Waals surface area contributed by atoms with Crippen LogP contribution in [0, 0.1) is 0 Å². The molecule has 0 atom stereocenters. The Labute approximate surface area is 68.5 Å². The average Bonchev–Trinajstić information content (AvgIpc) is 2.07. The molecule has 0 aromatic carbocycles. The molecule has 0 aromatic heterocycles. The minimum Gasteiger partial charge on any atom is -0.290 e. The summed E-state index contributed by atoms with van der Waals surface area (Å²) in [6.45, 7) is 3.04. The predicted molar refractivity (Wildman–Crippen MR) is 50.1 cm³/mol. The van der Waals surface area contributed by atoms with Gasteiger partial charge in [-0.2, -0.15) is 0 Å². The van der Waals surface area contributed by atoms with Crippen LogP contribution in [-0.2, 0) is 0 Å². The smallest absolute Gasteiger partial charge is 0.0392 e. The minimum atomic E-state index is 1.02. The Morgan fingerprint density at radius 3 is 2.82 bits per heavy atom. The maximum absolute atomic E-state index is 4.40. The number of allylic oxidation sites excluding steroid dienone is 4. The molecule has 0 amide bonds. The van der Waals surface area contributed by atoms with Crippen LogP contribution in [0.15, 0.2) is 29.3 Å². The Morgan fingerprint density at radius 2 is 2.18 bits per heavy atom. The third kappa shape index (κ3) is 3.17. The van der Waals surface area contributed by atoms with Crippen molar-refractivity contribution in [3.63, 3.8) is 0 Å². The second kappa shape index (κ2) is 4.89. The number of rotatable bonds is 2. The van der Waals surface area contributed by atoms with Crippen molar-refractivity contribution < 1.29 is 0 Å². The molecule has 1 heterocycles. The normalized spacial score (nSPS) is 19.5. The first-order chi connectivity index (χ1) is 5.43. The van der Waals surface area contributed by atoms with Gasteiger partial charge in [0.05, 0.1) is 0 Å². The van der Waals surface area contributed by atoms with Gasteiger partial charge in [-0.1, -0.05) is 18.2 Å². The van der Waals surface area contributed by atoms with Gasteiger partial charge in [0.15, 0.2) is 0 Å². The van der Waals surface area contributed by atoms with E-state index < -0.39 is 0 Å². The third-order valence-corrected chi connectivity index (χ3v) is 1.75. The van der Waals surface area contributed by atoms with E-state index in [0.717, 1.165) is 13.0 Å². The Morgan fingerprint density at radius 1 is 1.27 bits per heavy atom. The first-order valence-electron chi connectivity index (χ1n) is 4.26. The molecule has 11 heavy (non-hydrogen) atoms. The van der Waals surface area contributed by atoms with E-state index in [0.29, 0.717) is 0 Å². The topological polar surface area (TPSA) is 12.4 Å². The van der Waals surface area contributed by atoms with Crippen LogP contribution in [0.3, 0.4) is 0 Å². The summed E-state index contributed by atoms with van der Waals surface area (Å²) in [5.41, 5.74) is 1.26. The maximum Gasteiger partial charge on any atom is 0.0392 e. The van der Waals surface area contributed by atoms with Crippen LogP contribution < -0.4 is 0 Å². The zero-order chi connectivity index (χ0) is 7.94. The summed E-state index contributed by atoms with van der Waals surface area (Å²) in [6.07, 6.45) is 12.0. The number of aliphatic imine (C=N–C) groups is 1. The van der Waals surface area contributed by atoms with Crippen molar-refractivity contribution in [3.05, 3.63) is 24.3 Å². The molecule has 0 aliphatic carbocycles. The van der Waals surface area contributed by atoms with E-state index in [1.807, 2.05) is 19.1 Å². The van der Waals surface area contributed by atoms with Gasteiger partial charge in [0.25, 0.3) is 0 Å². The molecule has 1 nitrogen and oxygen atoms in total. The SMILES string of the molecule is C/C=C/C=C/C1=NCCCC1. The number of hydrogen-bond donors (Lipinski definition) is 0. The van der Waals surface area contributed by atoms with Crippen LogP contribution in [0.5, 0.6) is 0 Å². The zero-order valence-electron chi connectivity index (χ0n) is 7.09. The molecule has 0 aromatic rings. The number of nitrogens with zero attached hydrogens (tertiary/aromatic N) is 1. The molecule has 0 unspecified atom stereocenters. The Bertz CT molecular complexity index is 187. The molecule has 60 valence electrons. The molecular formula is C10H15N. The first kappa shape index (κ1) is 8.25. The van der Waals surface area contributed by atoms with Crippen molar-refractivity contribution in [1.29, 1.82) is 0 Å². The molecule has 0 spiro atoms. The summed E-state index contributed by atoms with van der Waals surface area (Å²) in [4.78, 5) is 4.40. The van der Waals surface area contributed by atoms with E-state index in [1.165, 1.54) is 18.6 Å². The fraction of sp³-hybridized carbons (Fsp3) is 0.500. The first-order valence-corrected chi connectivity index (χ1v) is 4.26. The minimum absolute atomic E-state index is 1.02. The van der Waals surface area contributed by atoms with E-state index in [-0.39, 0.29) is 0 Å². The van der Waals surface area contributed by atoms with Crippen LogP contribution in [-0.4, -0.2) is 12.3 Å². The van der Waals surface area contributed by atoms with Gasteiger partial charge in [0, 0.05) is 12.3 Å². The van der Waals surface area contributed by atoms with Gasteiger partial charge < -0.3 is 0 Å². The third-order valence-electron chi connectivity index (χ3n) is 1.75. The molecule has 0 N–H and O–H groups in total. The summed E-state index contributed by atoms with van der Waals surface area (Å²) < 4.78 is 0.